The molecule has 7 heteroatoms. The highest BCUT2D eigenvalue weighted by molar-refractivity contribution is 6.16. The molecule has 7 nitrogen and oxygen atoms in total. The van der Waals surface area contributed by atoms with E-state index in [1.54, 1.807) is 0 Å². The maximum absolute atomic E-state index is 11.0. The average molecular weight is 244 g/mol. The minimum absolute atomic E-state index is 0.638. The molecule has 0 bridgehead atoms. The molecule has 0 aromatic heterocycles. The van der Waals surface area contributed by atoms with Gasteiger partial charge >= 0.3 is 6.03 Å². The Hall–Kier alpha value is -2.83. The molecule has 2 N–H and O–H groups in total. The molecule has 1 aliphatic heterocycles. The van der Waals surface area contributed by atoms with Gasteiger partial charge in [-0.1, -0.05) is 0 Å². The van der Waals surface area contributed by atoms with Crippen molar-refractivity contribution in [2.24, 2.45) is 25.7 Å². The Morgan fingerprint density at radius 1 is 0.778 bits per heavy atom. The first-order valence-electron chi connectivity index (χ1n) is 4.97. The highest BCUT2D eigenvalue weighted by atomic mass is 16.2. The number of amides is 2. The van der Waals surface area contributed by atoms with Crippen LogP contribution in [0.25, 0.3) is 0 Å². The van der Waals surface area contributed by atoms with Crippen molar-refractivity contribution in [2.75, 3.05) is 0 Å². The summed E-state index contributed by atoms with van der Waals surface area (Å²) in [5, 5.41) is 0. The molecule has 0 saturated heterocycles. The first-order valence-corrected chi connectivity index (χ1v) is 4.97. The highest BCUT2D eigenvalue weighted by Crippen LogP contribution is 1.92. The van der Waals surface area contributed by atoms with Crippen molar-refractivity contribution in [3.8, 4) is 0 Å². The Morgan fingerprint density at radius 3 is 1.56 bits per heavy atom. The lowest BCUT2D eigenvalue weighted by Gasteiger charge is -2.07. The van der Waals surface area contributed by atoms with E-state index in [9.17, 15) is 4.79 Å². The van der Waals surface area contributed by atoms with Gasteiger partial charge in [0.1, 0.15) is 0 Å². The number of hydrogen-bond donors (Lipinski definition) is 1. The predicted octanol–water partition coefficient (Wildman–Crippen LogP) is 1.08. The molecule has 0 atom stereocenters. The molecule has 0 unspecified atom stereocenters. The monoisotopic (exact) mass is 244 g/mol. The van der Waals surface area contributed by atoms with Crippen molar-refractivity contribution in [1.29, 1.82) is 0 Å². The van der Waals surface area contributed by atoms with Crippen LogP contribution in [0.15, 0.2) is 57.2 Å². The maximum atomic E-state index is 11.0. The lowest BCUT2D eigenvalue weighted by atomic mass is 10.6. The van der Waals surface area contributed by atoms with Crippen molar-refractivity contribution < 1.29 is 4.79 Å². The van der Waals surface area contributed by atoms with Gasteiger partial charge in [0, 0.05) is 62.1 Å². The number of carbonyl (C=O) groups is 1. The van der Waals surface area contributed by atoms with Crippen molar-refractivity contribution >= 4 is 30.9 Å². The quantitative estimate of drug-likeness (QED) is 0.677. The van der Waals surface area contributed by atoms with E-state index in [4.69, 9.17) is 5.73 Å². The Balaban J connectivity index is 2.85. The fourth-order valence-corrected chi connectivity index (χ4v) is 0.847. The smallest absolute Gasteiger partial charge is 0.322 e. The summed E-state index contributed by atoms with van der Waals surface area (Å²) in [5.74, 6) is 0. The van der Waals surface area contributed by atoms with Gasteiger partial charge in [0.05, 0.1) is 0 Å². The van der Waals surface area contributed by atoms with Crippen LogP contribution in [-0.2, 0) is 0 Å². The van der Waals surface area contributed by atoms with Crippen molar-refractivity contribution in [3.05, 3.63) is 37.2 Å². The van der Waals surface area contributed by atoms with Crippen LogP contribution in [0.5, 0.6) is 0 Å². The SMILES string of the molecule is NC(=O)N1C=CN=CC=NC=CN=CC=NC=C1. The highest BCUT2D eigenvalue weighted by Gasteiger charge is 1.99. The van der Waals surface area contributed by atoms with Crippen LogP contribution in [0.3, 0.4) is 0 Å². The van der Waals surface area contributed by atoms with Gasteiger partial charge < -0.3 is 5.73 Å². The second kappa shape index (κ2) is 8.34. The first-order chi connectivity index (χ1) is 8.80. The third kappa shape index (κ3) is 5.91. The molecule has 1 heterocycles. The number of nitrogens with two attached hydrogens (primary N) is 1. The van der Waals surface area contributed by atoms with E-state index in [0.717, 1.165) is 4.90 Å². The molecule has 0 aliphatic carbocycles. The first kappa shape index (κ1) is 13.2. The fraction of sp³-hybridized carbons (Fsp3) is 0. The Labute approximate surface area is 104 Å². The van der Waals surface area contributed by atoms with Crippen LogP contribution in [-0.4, -0.2) is 35.8 Å². The van der Waals surface area contributed by atoms with Gasteiger partial charge in [-0.25, -0.2) is 4.79 Å². The minimum Gasteiger partial charge on any atom is -0.351 e. The van der Waals surface area contributed by atoms with Gasteiger partial charge in [0.15, 0.2) is 0 Å². The van der Waals surface area contributed by atoms with Crippen LogP contribution < -0.4 is 5.73 Å². The van der Waals surface area contributed by atoms with E-state index < -0.39 is 6.03 Å². The molecule has 0 aromatic carbocycles. The van der Waals surface area contributed by atoms with E-state index >= 15 is 0 Å². The van der Waals surface area contributed by atoms with Crippen LogP contribution >= 0.6 is 0 Å². The molecular weight excluding hydrogens is 232 g/mol. The molecule has 1 aliphatic rings. The molecule has 92 valence electrons. The van der Waals surface area contributed by atoms with E-state index in [1.165, 1.54) is 62.1 Å². The molecule has 0 saturated carbocycles. The van der Waals surface area contributed by atoms with Crippen molar-refractivity contribution in [1.82, 2.24) is 4.90 Å². The summed E-state index contributed by atoms with van der Waals surface area (Å²) in [4.78, 5) is 27.6. The summed E-state index contributed by atoms with van der Waals surface area (Å²) in [6.07, 6.45) is 14.5. The van der Waals surface area contributed by atoms with Crippen LogP contribution in [0.2, 0.25) is 0 Å². The zero-order valence-corrected chi connectivity index (χ0v) is 9.50. The molecular formula is C11H12N6O. The fourth-order valence-electron chi connectivity index (χ4n) is 0.847. The third-order valence-electron chi connectivity index (χ3n) is 1.60. The van der Waals surface area contributed by atoms with Gasteiger partial charge in [-0.05, 0) is 0 Å². The number of urea groups is 1. The molecule has 0 spiro atoms. The molecule has 18 heavy (non-hydrogen) atoms. The predicted molar refractivity (Wildman–Crippen MR) is 72.8 cm³/mol. The van der Waals surface area contributed by atoms with E-state index in [0.29, 0.717) is 0 Å². The number of carbonyl (C=O) groups excluding carboxylic acids is 1. The average Bonchev–Trinajstić information content (AvgIpc) is 2.36. The summed E-state index contributed by atoms with van der Waals surface area (Å²) >= 11 is 0. The number of primary amides is 1. The van der Waals surface area contributed by atoms with Gasteiger partial charge in [0.2, 0.25) is 0 Å². The van der Waals surface area contributed by atoms with Crippen molar-refractivity contribution in [3.63, 3.8) is 0 Å². The molecule has 0 radical (unpaired) electrons. The van der Waals surface area contributed by atoms with Gasteiger partial charge in [0.25, 0.3) is 0 Å². The van der Waals surface area contributed by atoms with Crippen molar-refractivity contribution in [2.45, 2.75) is 0 Å². The van der Waals surface area contributed by atoms with Crippen LogP contribution in [0, 0.1) is 0 Å². The zero-order chi connectivity index (χ0) is 13.1. The summed E-state index contributed by atoms with van der Waals surface area (Å²) in [7, 11) is 0. The standard InChI is InChI=1S/C11H12N6O/c12-11(18)17-9-7-15-5-3-13-1-2-14-4-6-16-8-10-17/h1-10H,(H2,12,18). The lowest BCUT2D eigenvalue weighted by molar-refractivity contribution is 0.235. The number of rotatable bonds is 0. The zero-order valence-electron chi connectivity index (χ0n) is 9.50. The second-order valence-corrected chi connectivity index (χ2v) is 2.83. The number of aliphatic imine (C=N–C) groups is 4. The summed E-state index contributed by atoms with van der Waals surface area (Å²) in [5.41, 5.74) is 5.15. The van der Waals surface area contributed by atoms with Gasteiger partial charge in [-0.2, -0.15) is 0 Å². The Kier molecular flexibility index (Phi) is 6.13. The van der Waals surface area contributed by atoms with E-state index in [2.05, 4.69) is 20.0 Å². The number of nitrogens with zero attached hydrogens (tertiary/aromatic N) is 5. The molecule has 2 amide bonds. The van der Waals surface area contributed by atoms with Crippen LogP contribution in [0.1, 0.15) is 0 Å². The van der Waals surface area contributed by atoms with Gasteiger partial charge in [-0.15, -0.1) is 0 Å². The van der Waals surface area contributed by atoms with Crippen LogP contribution in [0.4, 0.5) is 4.79 Å². The van der Waals surface area contributed by atoms with Gasteiger partial charge in [-0.3, -0.25) is 24.9 Å². The normalized spacial score (nSPS) is 15.7. The van der Waals surface area contributed by atoms with E-state index in [1.807, 2.05) is 0 Å². The Bertz CT molecular complexity index is 434. The molecule has 0 fully saturated rings. The Morgan fingerprint density at radius 2 is 1.17 bits per heavy atom. The topological polar surface area (TPSA) is 95.8 Å². The summed E-state index contributed by atoms with van der Waals surface area (Å²) in [6, 6.07) is -0.638. The number of hydrogen-bond acceptors (Lipinski definition) is 5. The minimum atomic E-state index is -0.638. The molecule has 0 aromatic rings. The summed E-state index contributed by atoms with van der Waals surface area (Å²) in [6.45, 7) is 0. The summed E-state index contributed by atoms with van der Waals surface area (Å²) < 4.78 is 0. The molecule has 1 rings (SSSR count). The largest absolute Gasteiger partial charge is 0.351 e. The maximum Gasteiger partial charge on any atom is 0.322 e. The second-order valence-electron chi connectivity index (χ2n) is 2.83. The third-order valence-corrected chi connectivity index (χ3v) is 1.60. The lowest BCUT2D eigenvalue weighted by Crippen LogP contribution is -2.26. The van der Waals surface area contributed by atoms with E-state index in [-0.39, 0.29) is 0 Å².